The van der Waals surface area contributed by atoms with Crippen LogP contribution >= 0.6 is 11.6 Å². The summed E-state index contributed by atoms with van der Waals surface area (Å²) in [6, 6.07) is 4.16. The number of nitrogens with one attached hydrogen (secondary N) is 1. The lowest BCUT2D eigenvalue weighted by molar-refractivity contribution is 0.199. The van der Waals surface area contributed by atoms with Crippen LogP contribution in [0.15, 0.2) is 18.2 Å². The molecule has 0 aliphatic carbocycles. The lowest BCUT2D eigenvalue weighted by atomic mass is 10.3. The van der Waals surface area contributed by atoms with E-state index in [0.717, 1.165) is 0 Å². The number of phenols is 1. The number of benzene rings is 1. The van der Waals surface area contributed by atoms with E-state index in [4.69, 9.17) is 16.3 Å². The summed E-state index contributed by atoms with van der Waals surface area (Å²) in [5.74, 6) is -0.201. The molecule has 0 aliphatic rings. The summed E-state index contributed by atoms with van der Waals surface area (Å²) in [4.78, 5) is 0. The molecule has 0 heterocycles. The highest BCUT2D eigenvalue weighted by Gasteiger charge is 2.10. The van der Waals surface area contributed by atoms with Gasteiger partial charge >= 0.3 is 0 Å². The van der Waals surface area contributed by atoms with E-state index in [0.29, 0.717) is 13.0 Å². The number of aromatic hydroxyl groups is 1. The molecular weight excluding hydrogens is 266 g/mol. The first-order valence-corrected chi connectivity index (χ1v) is 6.95. The Morgan fingerprint density at radius 1 is 1.47 bits per heavy atom. The molecule has 0 aliphatic heterocycles. The van der Waals surface area contributed by atoms with Crippen molar-refractivity contribution in [3.05, 3.63) is 23.2 Å². The second-order valence-corrected chi connectivity index (χ2v) is 5.68. The van der Waals surface area contributed by atoms with Crippen molar-refractivity contribution in [3.8, 4) is 5.75 Å². The third-order valence-electron chi connectivity index (χ3n) is 1.98. The van der Waals surface area contributed by atoms with E-state index in [2.05, 4.69) is 4.72 Å². The van der Waals surface area contributed by atoms with Gasteiger partial charge in [0.2, 0.25) is 10.0 Å². The molecule has 0 fully saturated rings. The van der Waals surface area contributed by atoms with Crippen LogP contribution in [0.1, 0.15) is 6.42 Å². The second-order valence-electron chi connectivity index (χ2n) is 3.43. The summed E-state index contributed by atoms with van der Waals surface area (Å²) in [5, 5.41) is 9.50. The molecule has 2 N–H and O–H groups in total. The number of phenolic OH excluding ortho intramolecular Hbond substituents is 1. The van der Waals surface area contributed by atoms with Crippen LogP contribution in [0.2, 0.25) is 5.02 Å². The molecule has 0 saturated carbocycles. The van der Waals surface area contributed by atoms with Gasteiger partial charge in [0, 0.05) is 19.8 Å². The Labute approximate surface area is 105 Å². The fourth-order valence-corrected chi connectivity index (χ4v) is 2.40. The smallest absolute Gasteiger partial charge is 0.232 e. The average molecular weight is 280 g/mol. The zero-order valence-electron chi connectivity index (χ0n) is 9.31. The first-order chi connectivity index (χ1) is 7.94. The molecular formula is C10H14ClNO4S. The van der Waals surface area contributed by atoms with Crippen molar-refractivity contribution in [2.45, 2.75) is 6.42 Å². The number of rotatable bonds is 6. The van der Waals surface area contributed by atoms with E-state index >= 15 is 0 Å². The van der Waals surface area contributed by atoms with Gasteiger partial charge < -0.3 is 9.84 Å². The maximum absolute atomic E-state index is 11.6. The Balaban J connectivity index is 2.66. The maximum atomic E-state index is 11.6. The van der Waals surface area contributed by atoms with Crippen LogP contribution in [0, 0.1) is 0 Å². The van der Waals surface area contributed by atoms with Gasteiger partial charge in [0.25, 0.3) is 0 Å². The van der Waals surface area contributed by atoms with Crippen LogP contribution in [-0.4, -0.2) is 33.0 Å². The van der Waals surface area contributed by atoms with Crippen LogP contribution in [0.5, 0.6) is 5.75 Å². The van der Waals surface area contributed by atoms with E-state index in [1.54, 1.807) is 0 Å². The summed E-state index contributed by atoms with van der Waals surface area (Å²) >= 11 is 5.61. The SMILES string of the molecule is COCCCS(=O)(=O)Nc1ccc(Cl)c(O)c1. The highest BCUT2D eigenvalue weighted by Crippen LogP contribution is 2.26. The Kier molecular flexibility index (Phi) is 5.04. The normalized spacial score (nSPS) is 11.4. The summed E-state index contributed by atoms with van der Waals surface area (Å²) in [7, 11) is -1.91. The van der Waals surface area contributed by atoms with Crippen molar-refractivity contribution in [2.75, 3.05) is 24.2 Å². The van der Waals surface area contributed by atoms with Crippen molar-refractivity contribution in [1.82, 2.24) is 0 Å². The molecule has 1 rings (SSSR count). The van der Waals surface area contributed by atoms with Gasteiger partial charge in [-0.05, 0) is 18.6 Å². The first kappa shape index (κ1) is 14.1. The Bertz CT molecular complexity index is 475. The number of ether oxygens (including phenoxy) is 1. The number of anilines is 1. The number of hydrogen-bond acceptors (Lipinski definition) is 4. The Hall–Kier alpha value is -0.980. The minimum Gasteiger partial charge on any atom is -0.506 e. The van der Waals surface area contributed by atoms with E-state index in [1.807, 2.05) is 0 Å². The molecule has 96 valence electrons. The quantitative estimate of drug-likeness (QED) is 0.779. The van der Waals surface area contributed by atoms with Gasteiger partial charge in [-0.25, -0.2) is 8.42 Å². The maximum Gasteiger partial charge on any atom is 0.232 e. The van der Waals surface area contributed by atoms with Gasteiger partial charge in [-0.2, -0.15) is 0 Å². The van der Waals surface area contributed by atoms with Crippen LogP contribution in [-0.2, 0) is 14.8 Å². The lowest BCUT2D eigenvalue weighted by Gasteiger charge is -2.08. The molecule has 0 aromatic heterocycles. The average Bonchev–Trinajstić information content (AvgIpc) is 2.23. The Morgan fingerprint density at radius 3 is 2.76 bits per heavy atom. The van der Waals surface area contributed by atoms with E-state index in [9.17, 15) is 13.5 Å². The summed E-state index contributed by atoms with van der Waals surface area (Å²) in [6.45, 7) is 0.382. The van der Waals surface area contributed by atoms with Gasteiger partial charge in [0.1, 0.15) is 5.75 Å². The molecule has 0 amide bonds. The topological polar surface area (TPSA) is 75.6 Å². The van der Waals surface area contributed by atoms with Crippen molar-refractivity contribution in [1.29, 1.82) is 0 Å². The van der Waals surface area contributed by atoms with E-state index in [1.165, 1.54) is 25.3 Å². The second kappa shape index (κ2) is 6.09. The molecule has 1 aromatic rings. The number of sulfonamides is 1. The first-order valence-electron chi connectivity index (χ1n) is 4.92. The van der Waals surface area contributed by atoms with Crippen LogP contribution in [0.25, 0.3) is 0 Å². The molecule has 0 saturated heterocycles. The van der Waals surface area contributed by atoms with Crippen molar-refractivity contribution >= 4 is 27.3 Å². The number of methoxy groups -OCH3 is 1. The zero-order valence-corrected chi connectivity index (χ0v) is 10.9. The Morgan fingerprint density at radius 2 is 2.18 bits per heavy atom. The standard InChI is InChI=1S/C10H14ClNO4S/c1-16-5-2-6-17(14,15)12-8-3-4-9(11)10(13)7-8/h3-4,7,12-13H,2,5-6H2,1H3. The third kappa shape index (κ3) is 4.80. The predicted octanol–water partition coefficient (Wildman–Crippen LogP) is 1.82. The third-order valence-corrected chi connectivity index (χ3v) is 3.67. The van der Waals surface area contributed by atoms with Gasteiger partial charge in [-0.1, -0.05) is 11.6 Å². The molecule has 0 bridgehead atoms. The molecule has 5 nitrogen and oxygen atoms in total. The minimum absolute atomic E-state index is 0.0375. The molecule has 0 atom stereocenters. The highest BCUT2D eigenvalue weighted by atomic mass is 35.5. The van der Waals surface area contributed by atoms with Crippen LogP contribution in [0.4, 0.5) is 5.69 Å². The minimum atomic E-state index is -3.42. The lowest BCUT2D eigenvalue weighted by Crippen LogP contribution is -2.17. The van der Waals surface area contributed by atoms with Crippen LogP contribution in [0.3, 0.4) is 0 Å². The van der Waals surface area contributed by atoms with Gasteiger partial charge in [-0.15, -0.1) is 0 Å². The van der Waals surface area contributed by atoms with E-state index in [-0.39, 0.29) is 22.2 Å². The summed E-state index contributed by atoms with van der Waals surface area (Å²) in [6.07, 6.45) is 0.408. The zero-order chi connectivity index (χ0) is 12.9. The van der Waals surface area contributed by atoms with Crippen molar-refractivity contribution < 1.29 is 18.3 Å². The van der Waals surface area contributed by atoms with Gasteiger partial charge in [0.05, 0.1) is 16.5 Å². The summed E-state index contributed by atoms with van der Waals surface area (Å²) in [5.41, 5.74) is 0.282. The number of halogens is 1. The monoisotopic (exact) mass is 279 g/mol. The predicted molar refractivity (Wildman–Crippen MR) is 67.0 cm³/mol. The van der Waals surface area contributed by atoms with Crippen molar-refractivity contribution in [2.24, 2.45) is 0 Å². The molecule has 0 radical (unpaired) electrons. The van der Waals surface area contributed by atoms with Gasteiger partial charge in [0.15, 0.2) is 0 Å². The molecule has 7 heteroatoms. The summed E-state index contributed by atoms with van der Waals surface area (Å²) < 4.78 is 30.3. The highest BCUT2D eigenvalue weighted by molar-refractivity contribution is 7.92. The molecule has 1 aromatic carbocycles. The fourth-order valence-electron chi connectivity index (χ4n) is 1.20. The molecule has 0 spiro atoms. The fraction of sp³-hybridized carbons (Fsp3) is 0.400. The van der Waals surface area contributed by atoms with E-state index < -0.39 is 10.0 Å². The molecule has 0 unspecified atom stereocenters. The van der Waals surface area contributed by atoms with Gasteiger partial charge in [-0.3, -0.25) is 4.72 Å². The van der Waals surface area contributed by atoms with Crippen molar-refractivity contribution in [3.63, 3.8) is 0 Å². The molecule has 17 heavy (non-hydrogen) atoms. The van der Waals surface area contributed by atoms with Crippen LogP contribution < -0.4 is 4.72 Å². The largest absolute Gasteiger partial charge is 0.506 e. The number of hydrogen-bond donors (Lipinski definition) is 2.